The van der Waals surface area contributed by atoms with E-state index in [1.807, 2.05) is 0 Å². The first kappa shape index (κ1) is 11.4. The fourth-order valence-corrected chi connectivity index (χ4v) is 1.04. The number of amides is 1. The second kappa shape index (κ2) is 5.26. The topological polar surface area (TPSA) is 81.2 Å². The molecule has 1 aromatic rings. The third-order valence-electron chi connectivity index (χ3n) is 1.52. The Labute approximate surface area is 90.6 Å². The van der Waals surface area contributed by atoms with E-state index in [0.29, 0.717) is 12.1 Å². The van der Waals surface area contributed by atoms with Crippen molar-refractivity contribution < 1.29 is 14.3 Å². The number of nitrogens with one attached hydrogen (secondary N) is 1. The molecule has 0 aliphatic carbocycles. The quantitative estimate of drug-likeness (QED) is 0.588. The lowest BCUT2D eigenvalue weighted by Gasteiger charge is -2.03. The number of rotatable bonds is 4. The van der Waals surface area contributed by atoms with Gasteiger partial charge in [0.25, 0.3) is 0 Å². The first-order valence-electron chi connectivity index (χ1n) is 3.95. The molecule has 1 rings (SSSR count). The van der Waals surface area contributed by atoms with E-state index in [0.717, 1.165) is 0 Å². The van der Waals surface area contributed by atoms with Crippen LogP contribution in [0, 0.1) is 0 Å². The zero-order chi connectivity index (χ0) is 11.3. The molecule has 0 aliphatic heterocycles. The SMILES string of the molecule is COC(=O)c1nc(CNC=O)cnc1Cl. The highest BCUT2D eigenvalue weighted by molar-refractivity contribution is 6.32. The zero-order valence-corrected chi connectivity index (χ0v) is 8.61. The van der Waals surface area contributed by atoms with Gasteiger partial charge in [-0.3, -0.25) is 4.79 Å². The van der Waals surface area contributed by atoms with Crippen LogP contribution in [0.2, 0.25) is 5.15 Å². The van der Waals surface area contributed by atoms with Crippen LogP contribution in [-0.2, 0) is 16.1 Å². The largest absolute Gasteiger partial charge is 0.464 e. The molecule has 1 amide bonds. The Kier molecular flexibility index (Phi) is 3.99. The summed E-state index contributed by atoms with van der Waals surface area (Å²) in [6.07, 6.45) is 1.89. The van der Waals surface area contributed by atoms with Crippen LogP contribution >= 0.6 is 11.6 Å². The van der Waals surface area contributed by atoms with Gasteiger partial charge in [-0.05, 0) is 0 Å². The van der Waals surface area contributed by atoms with Crippen LogP contribution in [0.3, 0.4) is 0 Å². The normalized spacial score (nSPS) is 9.47. The maximum atomic E-state index is 11.2. The van der Waals surface area contributed by atoms with E-state index < -0.39 is 5.97 Å². The third kappa shape index (κ3) is 2.88. The first-order chi connectivity index (χ1) is 7.19. The number of carbonyl (C=O) groups is 2. The number of hydrogen-bond donors (Lipinski definition) is 1. The van der Waals surface area contributed by atoms with Gasteiger partial charge >= 0.3 is 5.97 Å². The minimum absolute atomic E-state index is 0.0308. The number of aromatic nitrogens is 2. The maximum Gasteiger partial charge on any atom is 0.359 e. The van der Waals surface area contributed by atoms with E-state index in [9.17, 15) is 9.59 Å². The third-order valence-corrected chi connectivity index (χ3v) is 1.80. The first-order valence-corrected chi connectivity index (χ1v) is 4.33. The molecular weight excluding hydrogens is 222 g/mol. The van der Waals surface area contributed by atoms with Gasteiger partial charge in [-0.1, -0.05) is 11.6 Å². The lowest BCUT2D eigenvalue weighted by atomic mass is 10.4. The van der Waals surface area contributed by atoms with Gasteiger partial charge in [0, 0.05) is 0 Å². The van der Waals surface area contributed by atoms with Gasteiger partial charge in [-0.2, -0.15) is 0 Å². The maximum absolute atomic E-state index is 11.2. The van der Waals surface area contributed by atoms with E-state index in [4.69, 9.17) is 11.6 Å². The summed E-state index contributed by atoms with van der Waals surface area (Å²) < 4.78 is 4.46. The van der Waals surface area contributed by atoms with Crippen LogP contribution in [-0.4, -0.2) is 29.5 Å². The Morgan fingerprint density at radius 1 is 1.73 bits per heavy atom. The van der Waals surface area contributed by atoms with Gasteiger partial charge < -0.3 is 10.1 Å². The van der Waals surface area contributed by atoms with Gasteiger partial charge in [-0.25, -0.2) is 14.8 Å². The summed E-state index contributed by atoms with van der Waals surface area (Å²) in [5.41, 5.74) is 0.358. The van der Waals surface area contributed by atoms with Crippen molar-refractivity contribution >= 4 is 24.0 Å². The van der Waals surface area contributed by atoms with Gasteiger partial charge in [0.2, 0.25) is 6.41 Å². The number of ether oxygens (including phenoxy) is 1. The summed E-state index contributed by atoms with van der Waals surface area (Å²) in [6, 6.07) is 0. The molecule has 1 aromatic heterocycles. The Morgan fingerprint density at radius 3 is 3.07 bits per heavy atom. The fourth-order valence-electron chi connectivity index (χ4n) is 0.869. The van der Waals surface area contributed by atoms with E-state index in [-0.39, 0.29) is 17.4 Å². The van der Waals surface area contributed by atoms with E-state index in [1.165, 1.54) is 13.3 Å². The Balaban J connectivity index is 2.94. The van der Waals surface area contributed by atoms with Gasteiger partial charge in [0.1, 0.15) is 0 Å². The van der Waals surface area contributed by atoms with E-state index in [2.05, 4.69) is 20.0 Å². The predicted molar refractivity (Wildman–Crippen MR) is 51.3 cm³/mol. The highest BCUT2D eigenvalue weighted by atomic mass is 35.5. The van der Waals surface area contributed by atoms with Crippen LogP contribution in [0.5, 0.6) is 0 Å². The van der Waals surface area contributed by atoms with Crippen molar-refractivity contribution in [2.75, 3.05) is 7.11 Å². The van der Waals surface area contributed by atoms with E-state index in [1.54, 1.807) is 0 Å². The molecule has 0 bridgehead atoms. The number of halogens is 1. The average Bonchev–Trinajstić information content (AvgIpc) is 2.27. The molecule has 0 aliphatic rings. The van der Waals surface area contributed by atoms with Crippen LogP contribution in [0.15, 0.2) is 6.20 Å². The second-order valence-electron chi connectivity index (χ2n) is 2.49. The molecular formula is C8H8ClN3O3. The summed E-state index contributed by atoms with van der Waals surface area (Å²) in [7, 11) is 1.22. The van der Waals surface area contributed by atoms with Crippen molar-refractivity contribution in [1.82, 2.24) is 15.3 Å². The van der Waals surface area contributed by atoms with Gasteiger partial charge in [0.15, 0.2) is 10.8 Å². The number of carbonyl (C=O) groups excluding carboxylic acids is 2. The molecule has 0 saturated heterocycles. The highest BCUT2D eigenvalue weighted by Gasteiger charge is 2.14. The Bertz CT molecular complexity index is 383. The molecule has 6 nitrogen and oxygen atoms in total. The smallest absolute Gasteiger partial charge is 0.359 e. The molecule has 0 fully saturated rings. The lowest BCUT2D eigenvalue weighted by Crippen LogP contribution is -2.14. The molecule has 0 radical (unpaired) electrons. The lowest BCUT2D eigenvalue weighted by molar-refractivity contribution is -0.109. The summed E-state index contributed by atoms with van der Waals surface area (Å²) in [4.78, 5) is 28.8. The number of methoxy groups -OCH3 is 1. The predicted octanol–water partition coefficient (Wildman–Crippen LogP) is 0.163. The minimum atomic E-state index is -0.666. The van der Waals surface area contributed by atoms with Crippen molar-refractivity contribution in [2.45, 2.75) is 6.54 Å². The molecule has 15 heavy (non-hydrogen) atoms. The van der Waals surface area contributed by atoms with Crippen molar-refractivity contribution in [2.24, 2.45) is 0 Å². The molecule has 7 heteroatoms. The molecule has 1 heterocycles. The number of hydrogen-bond acceptors (Lipinski definition) is 5. The summed E-state index contributed by atoms with van der Waals surface area (Å²) in [6.45, 7) is 0.178. The molecule has 0 aromatic carbocycles. The number of nitrogens with zero attached hydrogens (tertiary/aromatic N) is 2. The van der Waals surface area contributed by atoms with Crippen LogP contribution in [0.4, 0.5) is 0 Å². The summed E-state index contributed by atoms with van der Waals surface area (Å²) in [5, 5.41) is 2.36. The molecule has 1 N–H and O–H groups in total. The number of esters is 1. The minimum Gasteiger partial charge on any atom is -0.464 e. The molecule has 0 unspecified atom stereocenters. The van der Waals surface area contributed by atoms with Crippen LogP contribution in [0.25, 0.3) is 0 Å². The standard InChI is InChI=1S/C8H8ClN3O3/c1-15-8(14)6-7(9)11-3-5(12-6)2-10-4-13/h3-4H,2H2,1H3,(H,10,13). The second-order valence-corrected chi connectivity index (χ2v) is 2.85. The van der Waals surface area contributed by atoms with Crippen molar-refractivity contribution in [3.05, 3.63) is 22.7 Å². The molecule has 80 valence electrons. The van der Waals surface area contributed by atoms with Crippen molar-refractivity contribution in [3.63, 3.8) is 0 Å². The molecule has 0 spiro atoms. The van der Waals surface area contributed by atoms with Crippen LogP contribution < -0.4 is 5.32 Å². The van der Waals surface area contributed by atoms with Crippen molar-refractivity contribution in [1.29, 1.82) is 0 Å². The average molecular weight is 230 g/mol. The van der Waals surface area contributed by atoms with Gasteiger partial charge in [0.05, 0.1) is 25.5 Å². The highest BCUT2D eigenvalue weighted by Crippen LogP contribution is 2.11. The summed E-state index contributed by atoms with van der Waals surface area (Å²) >= 11 is 5.64. The molecule has 0 saturated carbocycles. The Hall–Kier alpha value is -1.69. The van der Waals surface area contributed by atoms with Crippen LogP contribution in [0.1, 0.15) is 16.2 Å². The van der Waals surface area contributed by atoms with E-state index >= 15 is 0 Å². The van der Waals surface area contributed by atoms with Gasteiger partial charge in [-0.15, -0.1) is 0 Å². The Morgan fingerprint density at radius 2 is 2.47 bits per heavy atom. The summed E-state index contributed by atoms with van der Waals surface area (Å²) in [5.74, 6) is -0.666. The zero-order valence-electron chi connectivity index (χ0n) is 7.86. The van der Waals surface area contributed by atoms with Crippen molar-refractivity contribution in [3.8, 4) is 0 Å². The fraction of sp³-hybridized carbons (Fsp3) is 0.250. The molecule has 0 atom stereocenters. The monoisotopic (exact) mass is 229 g/mol.